The van der Waals surface area contributed by atoms with Gasteiger partial charge in [-0.05, 0) is 18.2 Å². The van der Waals surface area contributed by atoms with Crippen LogP contribution < -0.4 is 10.6 Å². The second-order valence-electron chi connectivity index (χ2n) is 4.12. The van der Waals surface area contributed by atoms with Gasteiger partial charge in [-0.3, -0.25) is 10.1 Å². The van der Waals surface area contributed by atoms with Crippen LogP contribution in [0.5, 0.6) is 0 Å². The van der Waals surface area contributed by atoms with Gasteiger partial charge < -0.3 is 10.1 Å². The molecule has 0 aliphatic carbocycles. The van der Waals surface area contributed by atoms with E-state index in [2.05, 4.69) is 16.6 Å². The molecule has 122 valence electrons. The lowest BCUT2D eigenvalue weighted by molar-refractivity contribution is -0.143. The Morgan fingerprint density at radius 3 is 2.74 bits per heavy atom. The molecule has 0 saturated heterocycles. The number of carbonyl (C=O) groups is 3. The third-order valence-electron chi connectivity index (χ3n) is 2.39. The number of esters is 1. The molecule has 0 atom stereocenters. The first-order valence-corrected chi connectivity index (χ1v) is 6.79. The molecule has 1 rings (SSSR count). The molecule has 0 heterocycles. The first-order valence-electron chi connectivity index (χ1n) is 6.41. The van der Waals surface area contributed by atoms with E-state index in [-0.39, 0.29) is 17.1 Å². The van der Waals surface area contributed by atoms with E-state index in [1.54, 1.807) is 0 Å². The minimum atomic E-state index is -0.883. The SMILES string of the molecule is C=CCNC(=O)NC(=O)COC(=O)/C=C/c1c(F)cccc1Cl. The molecule has 6 nitrogen and oxygen atoms in total. The van der Waals surface area contributed by atoms with Crippen molar-refractivity contribution in [3.05, 3.63) is 53.3 Å². The van der Waals surface area contributed by atoms with Gasteiger partial charge in [0.25, 0.3) is 5.91 Å². The summed E-state index contributed by atoms with van der Waals surface area (Å²) in [5, 5.41) is 4.38. The zero-order valence-corrected chi connectivity index (χ0v) is 12.7. The van der Waals surface area contributed by atoms with Crippen LogP contribution in [-0.2, 0) is 14.3 Å². The number of nitrogens with one attached hydrogen (secondary N) is 2. The minimum Gasteiger partial charge on any atom is -0.452 e. The fourth-order valence-corrected chi connectivity index (χ4v) is 1.60. The molecule has 0 spiro atoms. The van der Waals surface area contributed by atoms with E-state index in [4.69, 9.17) is 11.6 Å². The van der Waals surface area contributed by atoms with Crippen LogP contribution in [-0.4, -0.2) is 31.1 Å². The highest BCUT2D eigenvalue weighted by molar-refractivity contribution is 6.32. The quantitative estimate of drug-likeness (QED) is 0.471. The number of hydrogen-bond acceptors (Lipinski definition) is 4. The van der Waals surface area contributed by atoms with Gasteiger partial charge in [-0.1, -0.05) is 23.7 Å². The van der Waals surface area contributed by atoms with Crippen LogP contribution in [0.3, 0.4) is 0 Å². The second kappa shape index (κ2) is 9.37. The van der Waals surface area contributed by atoms with Crippen molar-refractivity contribution in [2.45, 2.75) is 0 Å². The lowest BCUT2D eigenvalue weighted by Gasteiger charge is -2.05. The van der Waals surface area contributed by atoms with E-state index in [0.29, 0.717) is 0 Å². The van der Waals surface area contributed by atoms with E-state index < -0.39 is 30.3 Å². The molecule has 23 heavy (non-hydrogen) atoms. The van der Waals surface area contributed by atoms with Gasteiger partial charge in [0.15, 0.2) is 6.61 Å². The van der Waals surface area contributed by atoms with Gasteiger partial charge in [-0.15, -0.1) is 6.58 Å². The molecule has 0 aromatic heterocycles. The van der Waals surface area contributed by atoms with E-state index >= 15 is 0 Å². The van der Waals surface area contributed by atoms with Crippen LogP contribution in [0.4, 0.5) is 9.18 Å². The van der Waals surface area contributed by atoms with E-state index in [1.807, 2.05) is 5.32 Å². The summed E-state index contributed by atoms with van der Waals surface area (Å²) in [6, 6.07) is 3.34. The Morgan fingerprint density at radius 1 is 1.35 bits per heavy atom. The summed E-state index contributed by atoms with van der Waals surface area (Å²) in [7, 11) is 0. The van der Waals surface area contributed by atoms with Crippen LogP contribution in [0.1, 0.15) is 5.56 Å². The highest BCUT2D eigenvalue weighted by atomic mass is 35.5. The summed E-state index contributed by atoms with van der Waals surface area (Å²) >= 11 is 5.78. The Morgan fingerprint density at radius 2 is 2.09 bits per heavy atom. The number of halogens is 2. The van der Waals surface area contributed by atoms with Crippen molar-refractivity contribution in [1.82, 2.24) is 10.6 Å². The smallest absolute Gasteiger partial charge is 0.331 e. The molecule has 0 bridgehead atoms. The van der Waals surface area contributed by atoms with Crippen molar-refractivity contribution < 1.29 is 23.5 Å². The average molecular weight is 341 g/mol. The molecular weight excluding hydrogens is 327 g/mol. The third kappa shape index (κ3) is 6.75. The maximum Gasteiger partial charge on any atom is 0.331 e. The summed E-state index contributed by atoms with van der Waals surface area (Å²) in [6.07, 6.45) is 3.49. The number of ether oxygens (including phenoxy) is 1. The molecule has 8 heteroatoms. The minimum absolute atomic E-state index is 0.0272. The lowest BCUT2D eigenvalue weighted by Crippen LogP contribution is -2.41. The fraction of sp³-hybridized carbons (Fsp3) is 0.133. The Labute approximate surface area is 137 Å². The zero-order valence-electron chi connectivity index (χ0n) is 12.0. The van der Waals surface area contributed by atoms with Crippen molar-refractivity contribution in [3.8, 4) is 0 Å². The number of hydrogen-bond donors (Lipinski definition) is 2. The largest absolute Gasteiger partial charge is 0.452 e. The maximum atomic E-state index is 13.5. The Hall–Kier alpha value is -2.67. The molecule has 1 aromatic rings. The van der Waals surface area contributed by atoms with Crippen LogP contribution in [0.25, 0.3) is 6.08 Å². The Balaban J connectivity index is 2.45. The number of benzene rings is 1. The molecule has 0 unspecified atom stereocenters. The molecule has 0 saturated carbocycles. The van der Waals surface area contributed by atoms with Crippen LogP contribution in [0.15, 0.2) is 36.9 Å². The highest BCUT2D eigenvalue weighted by Gasteiger charge is 2.09. The van der Waals surface area contributed by atoms with Crippen molar-refractivity contribution in [3.63, 3.8) is 0 Å². The average Bonchev–Trinajstić information content (AvgIpc) is 2.50. The van der Waals surface area contributed by atoms with E-state index in [1.165, 1.54) is 24.3 Å². The summed E-state index contributed by atoms with van der Waals surface area (Å²) < 4.78 is 18.1. The van der Waals surface area contributed by atoms with Gasteiger partial charge in [-0.25, -0.2) is 14.0 Å². The predicted octanol–water partition coefficient (Wildman–Crippen LogP) is 2.05. The number of urea groups is 1. The van der Waals surface area contributed by atoms with Crippen LogP contribution in [0, 0.1) is 5.82 Å². The third-order valence-corrected chi connectivity index (χ3v) is 2.72. The topological polar surface area (TPSA) is 84.5 Å². The Bertz CT molecular complexity index is 626. The first-order chi connectivity index (χ1) is 10.9. The molecule has 0 aliphatic heterocycles. The fourth-order valence-electron chi connectivity index (χ4n) is 1.38. The monoisotopic (exact) mass is 340 g/mol. The molecule has 0 radical (unpaired) electrons. The molecule has 3 amide bonds. The summed E-state index contributed by atoms with van der Waals surface area (Å²) in [5.74, 6) is -2.29. The first kappa shape index (κ1) is 18.4. The van der Waals surface area contributed by atoms with E-state index in [9.17, 15) is 18.8 Å². The van der Waals surface area contributed by atoms with Crippen molar-refractivity contribution in [2.75, 3.05) is 13.2 Å². The van der Waals surface area contributed by atoms with Gasteiger partial charge in [0.05, 0.1) is 5.02 Å². The van der Waals surface area contributed by atoms with Crippen LogP contribution in [0.2, 0.25) is 5.02 Å². The van der Waals surface area contributed by atoms with Crippen molar-refractivity contribution >= 4 is 35.6 Å². The van der Waals surface area contributed by atoms with Gasteiger partial charge in [0.2, 0.25) is 0 Å². The molecule has 0 aliphatic rings. The molecule has 1 aromatic carbocycles. The highest BCUT2D eigenvalue weighted by Crippen LogP contribution is 2.20. The van der Waals surface area contributed by atoms with Crippen molar-refractivity contribution in [2.24, 2.45) is 0 Å². The lowest BCUT2D eigenvalue weighted by atomic mass is 10.2. The Kier molecular flexibility index (Phi) is 7.49. The van der Waals surface area contributed by atoms with E-state index in [0.717, 1.165) is 12.2 Å². The standard InChI is InChI=1S/C15H14ClFN2O4/c1-2-8-18-15(22)19-13(20)9-23-14(21)7-6-10-11(16)4-3-5-12(10)17/h2-7H,1,8-9H2,(H2,18,19,20,22)/b7-6+. The summed E-state index contributed by atoms with van der Waals surface area (Å²) in [6.45, 7) is 2.92. The van der Waals surface area contributed by atoms with Crippen molar-refractivity contribution in [1.29, 1.82) is 0 Å². The van der Waals surface area contributed by atoms with Gasteiger partial charge in [0, 0.05) is 18.2 Å². The van der Waals surface area contributed by atoms with Gasteiger partial charge in [0.1, 0.15) is 5.82 Å². The zero-order chi connectivity index (χ0) is 17.2. The molecule has 0 fully saturated rings. The van der Waals surface area contributed by atoms with Gasteiger partial charge >= 0.3 is 12.0 Å². The summed E-state index contributed by atoms with van der Waals surface area (Å²) in [4.78, 5) is 33.9. The second-order valence-corrected chi connectivity index (χ2v) is 4.53. The number of imide groups is 1. The normalized spacial score (nSPS) is 10.2. The number of rotatable bonds is 6. The van der Waals surface area contributed by atoms with Crippen LogP contribution >= 0.6 is 11.6 Å². The molecular formula is C15H14ClFN2O4. The van der Waals surface area contributed by atoms with Gasteiger partial charge in [-0.2, -0.15) is 0 Å². The maximum absolute atomic E-state index is 13.5. The number of carbonyl (C=O) groups excluding carboxylic acids is 3. The number of amides is 3. The predicted molar refractivity (Wildman–Crippen MR) is 83.1 cm³/mol. The molecule has 2 N–H and O–H groups in total. The summed E-state index contributed by atoms with van der Waals surface area (Å²) in [5.41, 5.74) is 0.0272.